The Morgan fingerprint density at radius 3 is 0.875 bits per heavy atom. The molecule has 0 radical (unpaired) electrons. The Hall–Kier alpha value is -8.06. The van der Waals surface area contributed by atoms with Gasteiger partial charge in [-0.3, -0.25) is 0 Å². The molecule has 0 aliphatic heterocycles. The standard InChI is InChI=1S/C80H68/c1-39(2)49-35-47-23-25-51(41(5)6)69-55-31-33-58-73-57(29-27-53(71(55)73)61(37-49)65(47)69)75-63(43(9)10)79-67(45-19-15-13-16-20-45)77-59-30-28-54-62-38-50(40(3)4)36-48-24-26-52(42(7)8)70(66(48)62)56-32-34-60(74(59)72(54)56)78(77)68(46-21-17-14-18-22-46)80(79)64(44(11)12)76(58)75/h13-44H,1-12H3. The average Bonchev–Trinajstić information content (AvgIpc) is 3.37. The lowest BCUT2D eigenvalue weighted by molar-refractivity contribution is 0.869. The van der Waals surface area contributed by atoms with Crippen molar-refractivity contribution in [2.24, 2.45) is 0 Å². The van der Waals surface area contributed by atoms with Crippen LogP contribution in [0.15, 0.2) is 158 Å². The zero-order valence-electron chi connectivity index (χ0n) is 48.5. The van der Waals surface area contributed by atoms with Gasteiger partial charge in [-0.1, -0.05) is 241 Å². The van der Waals surface area contributed by atoms with Crippen LogP contribution in [0.25, 0.3) is 162 Å². The molecule has 16 aromatic rings. The highest BCUT2D eigenvalue weighted by Crippen LogP contribution is 2.60. The van der Waals surface area contributed by atoms with Crippen LogP contribution in [0, 0.1) is 0 Å². The molecule has 0 aliphatic rings. The van der Waals surface area contributed by atoms with Gasteiger partial charge >= 0.3 is 0 Å². The Kier molecular flexibility index (Phi) is 10.0. The highest BCUT2D eigenvalue weighted by molar-refractivity contribution is 6.49. The van der Waals surface area contributed by atoms with Gasteiger partial charge < -0.3 is 0 Å². The van der Waals surface area contributed by atoms with Crippen LogP contribution in [-0.4, -0.2) is 0 Å². The molecule has 0 saturated heterocycles. The van der Waals surface area contributed by atoms with Gasteiger partial charge in [-0.2, -0.15) is 0 Å². The lowest BCUT2D eigenvalue weighted by Crippen LogP contribution is -2.02. The normalized spacial score (nSPS) is 13.2. The molecular weight excluding hydrogens is 961 g/mol. The minimum absolute atomic E-state index is 0.202. The first-order valence-corrected chi connectivity index (χ1v) is 30.0. The van der Waals surface area contributed by atoms with Crippen molar-refractivity contribution < 1.29 is 0 Å². The van der Waals surface area contributed by atoms with E-state index in [2.05, 4.69) is 241 Å². The second kappa shape index (κ2) is 16.7. The van der Waals surface area contributed by atoms with E-state index in [1.54, 1.807) is 0 Å². The maximum atomic E-state index is 2.55. The molecule has 16 aromatic carbocycles. The van der Waals surface area contributed by atoms with Crippen LogP contribution in [0.3, 0.4) is 0 Å². The molecule has 0 fully saturated rings. The summed E-state index contributed by atoms with van der Waals surface area (Å²) < 4.78 is 0. The summed E-state index contributed by atoms with van der Waals surface area (Å²) in [5.74, 6) is 1.99. The summed E-state index contributed by atoms with van der Waals surface area (Å²) in [6.45, 7) is 28.8. The van der Waals surface area contributed by atoms with Gasteiger partial charge in [0.2, 0.25) is 0 Å². The van der Waals surface area contributed by atoms with E-state index in [4.69, 9.17) is 0 Å². The van der Waals surface area contributed by atoms with Gasteiger partial charge in [0.05, 0.1) is 0 Å². The van der Waals surface area contributed by atoms with Crippen molar-refractivity contribution in [3.8, 4) is 22.3 Å². The third-order valence-electron chi connectivity index (χ3n) is 19.5. The largest absolute Gasteiger partial charge is 0.0622 e. The van der Waals surface area contributed by atoms with Crippen LogP contribution in [-0.2, 0) is 0 Å². The molecule has 0 atom stereocenters. The van der Waals surface area contributed by atoms with Gasteiger partial charge in [0, 0.05) is 0 Å². The molecule has 0 nitrogen and oxygen atoms in total. The molecule has 0 aromatic heterocycles. The van der Waals surface area contributed by atoms with Gasteiger partial charge in [0.1, 0.15) is 0 Å². The van der Waals surface area contributed by atoms with E-state index in [1.807, 2.05) is 0 Å². The number of hydrogen-bond acceptors (Lipinski definition) is 0. The van der Waals surface area contributed by atoms with E-state index in [0.717, 1.165) is 0 Å². The maximum Gasteiger partial charge on any atom is -0.000729 e. The smallest absolute Gasteiger partial charge is 0.000729 e. The van der Waals surface area contributed by atoms with Gasteiger partial charge in [0.15, 0.2) is 0 Å². The summed E-state index contributed by atoms with van der Waals surface area (Å²) in [5, 5.41) is 36.3. The molecule has 388 valence electrons. The van der Waals surface area contributed by atoms with Crippen LogP contribution >= 0.6 is 0 Å². The summed E-state index contributed by atoms with van der Waals surface area (Å²) >= 11 is 0. The monoisotopic (exact) mass is 1030 g/mol. The highest BCUT2D eigenvalue weighted by Gasteiger charge is 2.34. The SMILES string of the molecule is CC(C)c1cc2ccc(C(C)C)c3c4ccc5c6c(-c7ccccc7)c7c(C(C)C)c8c9ccc%10c%11c(C(C)C)ccc%12cc(C(C)C)cc(c%13ccc(c8c(C(C)C)c7c(-c7ccccc7)c6c6ccc(c(c1)c23)c4c65)c9c%13%10)c%12%11. The first kappa shape index (κ1) is 47.9. The topological polar surface area (TPSA) is 0 Å². The van der Waals surface area contributed by atoms with Gasteiger partial charge in [-0.15, -0.1) is 0 Å². The van der Waals surface area contributed by atoms with Crippen molar-refractivity contribution in [2.75, 3.05) is 0 Å². The van der Waals surface area contributed by atoms with Crippen LogP contribution < -0.4 is 0 Å². The lowest BCUT2D eigenvalue weighted by Gasteiger charge is -2.26. The predicted molar refractivity (Wildman–Crippen MR) is 354 cm³/mol. The van der Waals surface area contributed by atoms with Crippen LogP contribution in [0.4, 0.5) is 0 Å². The van der Waals surface area contributed by atoms with Crippen molar-refractivity contribution in [3.63, 3.8) is 0 Å². The second-order valence-electron chi connectivity index (χ2n) is 26.0. The average molecular weight is 1030 g/mol. The minimum Gasteiger partial charge on any atom is -0.0622 e. The van der Waals surface area contributed by atoms with Crippen molar-refractivity contribution in [1.82, 2.24) is 0 Å². The number of fused-ring (bicyclic) bond motifs is 11. The summed E-state index contributed by atoms with van der Waals surface area (Å²) in [5.41, 5.74) is 13.9. The van der Waals surface area contributed by atoms with E-state index < -0.39 is 0 Å². The fourth-order valence-corrected chi connectivity index (χ4v) is 16.2. The van der Waals surface area contributed by atoms with Crippen LogP contribution in [0.1, 0.15) is 152 Å². The van der Waals surface area contributed by atoms with Gasteiger partial charge in [-0.25, -0.2) is 0 Å². The van der Waals surface area contributed by atoms with Crippen molar-refractivity contribution >= 4 is 140 Å². The quantitative estimate of drug-likeness (QED) is 0.105. The Bertz CT molecular complexity index is 5130. The van der Waals surface area contributed by atoms with Gasteiger partial charge in [-0.05, 0) is 231 Å². The zero-order chi connectivity index (χ0) is 54.6. The van der Waals surface area contributed by atoms with E-state index >= 15 is 0 Å². The zero-order valence-corrected chi connectivity index (χ0v) is 48.5. The maximum absolute atomic E-state index is 2.55. The van der Waals surface area contributed by atoms with Crippen molar-refractivity contribution in [1.29, 1.82) is 0 Å². The van der Waals surface area contributed by atoms with Crippen molar-refractivity contribution in [2.45, 2.75) is 119 Å². The predicted octanol–water partition coefficient (Wildman–Crippen LogP) is 24.5. The van der Waals surface area contributed by atoms with Crippen molar-refractivity contribution in [3.05, 3.63) is 191 Å². The second-order valence-corrected chi connectivity index (χ2v) is 26.0. The van der Waals surface area contributed by atoms with E-state index in [1.165, 1.54) is 196 Å². The molecule has 0 aliphatic carbocycles. The summed E-state index contributed by atoms with van der Waals surface area (Å²) in [6.07, 6.45) is 0. The number of rotatable bonds is 8. The van der Waals surface area contributed by atoms with Crippen LogP contribution in [0.2, 0.25) is 0 Å². The third-order valence-corrected chi connectivity index (χ3v) is 19.5. The number of hydrogen-bond donors (Lipinski definition) is 0. The molecule has 0 unspecified atom stereocenters. The molecule has 80 heavy (non-hydrogen) atoms. The molecule has 0 heteroatoms. The first-order chi connectivity index (χ1) is 38.7. The Balaban J connectivity index is 1.19. The Morgan fingerprint density at radius 2 is 0.537 bits per heavy atom. The molecule has 16 rings (SSSR count). The van der Waals surface area contributed by atoms with Gasteiger partial charge in [0.25, 0.3) is 0 Å². The minimum atomic E-state index is 0.202. The third kappa shape index (κ3) is 6.07. The fraction of sp³-hybridized carbons (Fsp3) is 0.225. The van der Waals surface area contributed by atoms with E-state index in [9.17, 15) is 0 Å². The molecule has 0 saturated carbocycles. The molecule has 0 N–H and O–H groups in total. The van der Waals surface area contributed by atoms with E-state index in [-0.39, 0.29) is 11.8 Å². The molecule has 0 bridgehead atoms. The molecular formula is C80H68. The molecule has 0 amide bonds. The lowest BCUT2D eigenvalue weighted by atomic mass is 9.77. The summed E-state index contributed by atoms with van der Waals surface area (Å²) in [4.78, 5) is 0. The van der Waals surface area contributed by atoms with Crippen LogP contribution in [0.5, 0.6) is 0 Å². The first-order valence-electron chi connectivity index (χ1n) is 30.0. The highest BCUT2D eigenvalue weighted by atomic mass is 14.4. The Morgan fingerprint density at radius 1 is 0.212 bits per heavy atom. The summed E-state index contributed by atoms with van der Waals surface area (Å²) in [6, 6.07) is 63.0. The number of benzene rings is 14. The fourth-order valence-electron chi connectivity index (χ4n) is 16.2. The summed E-state index contributed by atoms with van der Waals surface area (Å²) in [7, 11) is 0. The molecule has 0 heterocycles. The Labute approximate surface area is 469 Å². The van der Waals surface area contributed by atoms with E-state index in [0.29, 0.717) is 23.7 Å². The molecule has 0 spiro atoms.